The maximum absolute atomic E-state index is 12.2. The molecule has 1 fully saturated rings. The third-order valence-electron chi connectivity index (χ3n) is 2.92. The molecule has 1 unspecified atom stereocenters. The fourth-order valence-corrected chi connectivity index (χ4v) is 3.53. The topological polar surface area (TPSA) is 75.2 Å². The van der Waals surface area contributed by atoms with Gasteiger partial charge in [0.15, 0.2) is 11.0 Å². The van der Waals surface area contributed by atoms with Crippen LogP contribution in [0.2, 0.25) is 5.15 Å². The second kappa shape index (κ2) is 5.38. The predicted molar refractivity (Wildman–Crippen MR) is 69.6 cm³/mol. The van der Waals surface area contributed by atoms with Gasteiger partial charge < -0.3 is 0 Å². The van der Waals surface area contributed by atoms with E-state index in [1.807, 2.05) is 6.92 Å². The monoisotopic (exact) mass is 290 g/mol. The molecular weight excluding hydrogens is 276 g/mol. The number of anilines is 1. The molecule has 1 aliphatic rings. The van der Waals surface area contributed by atoms with Crippen LogP contribution in [0.15, 0.2) is 12.1 Å². The van der Waals surface area contributed by atoms with Gasteiger partial charge in [-0.05, 0) is 31.9 Å². The summed E-state index contributed by atoms with van der Waals surface area (Å²) in [5.74, 6) is 0.178. The molecule has 0 aliphatic carbocycles. The lowest BCUT2D eigenvalue weighted by molar-refractivity contribution is 0.270. The normalized spacial score (nSPS) is 21.8. The van der Waals surface area contributed by atoms with Gasteiger partial charge in [0.25, 0.3) is 0 Å². The lowest BCUT2D eigenvalue weighted by atomic mass is 10.1. The van der Waals surface area contributed by atoms with Crippen molar-refractivity contribution >= 4 is 27.6 Å². The van der Waals surface area contributed by atoms with Crippen molar-refractivity contribution in [1.29, 1.82) is 0 Å². The minimum absolute atomic E-state index is 0.0107. The first-order valence-electron chi connectivity index (χ1n) is 5.78. The quantitative estimate of drug-likeness (QED) is 0.919. The van der Waals surface area contributed by atoms with E-state index >= 15 is 0 Å². The molecule has 1 N–H and O–H groups in total. The molecule has 2 heterocycles. The Morgan fingerprint density at radius 1 is 1.39 bits per heavy atom. The Morgan fingerprint density at radius 3 is 2.78 bits per heavy atom. The molecule has 8 heteroatoms. The van der Waals surface area contributed by atoms with Gasteiger partial charge in [0, 0.05) is 12.6 Å². The molecule has 1 aliphatic heterocycles. The number of hydrogen-bond acceptors (Lipinski definition) is 4. The van der Waals surface area contributed by atoms with E-state index in [1.54, 1.807) is 0 Å². The lowest BCUT2D eigenvalue weighted by Gasteiger charge is -2.32. The van der Waals surface area contributed by atoms with E-state index in [4.69, 9.17) is 11.6 Å². The molecule has 1 saturated heterocycles. The summed E-state index contributed by atoms with van der Waals surface area (Å²) in [7, 11) is -3.56. The summed E-state index contributed by atoms with van der Waals surface area (Å²) >= 11 is 5.59. The van der Waals surface area contributed by atoms with Crippen LogP contribution in [-0.4, -0.2) is 35.5 Å². The first-order valence-corrected chi connectivity index (χ1v) is 7.59. The maximum atomic E-state index is 12.2. The molecule has 18 heavy (non-hydrogen) atoms. The van der Waals surface area contributed by atoms with Gasteiger partial charge in [0.2, 0.25) is 0 Å². The Bertz CT molecular complexity index is 505. The third kappa shape index (κ3) is 3.09. The zero-order valence-corrected chi connectivity index (χ0v) is 11.6. The van der Waals surface area contributed by atoms with Crippen molar-refractivity contribution in [2.75, 3.05) is 11.3 Å². The molecule has 0 bridgehead atoms. The van der Waals surface area contributed by atoms with Gasteiger partial charge in [-0.2, -0.15) is 12.7 Å². The van der Waals surface area contributed by atoms with Crippen LogP contribution >= 0.6 is 11.6 Å². The van der Waals surface area contributed by atoms with Crippen molar-refractivity contribution < 1.29 is 8.42 Å². The highest BCUT2D eigenvalue weighted by Crippen LogP contribution is 2.21. The third-order valence-corrected chi connectivity index (χ3v) is 4.74. The number of nitrogens with zero attached hydrogens (tertiary/aromatic N) is 3. The number of aromatic nitrogens is 2. The SMILES string of the molecule is CC1CCCCN1S(=O)(=O)Nc1ccc(Cl)nn1. The number of nitrogens with one attached hydrogen (secondary N) is 1. The second-order valence-corrected chi connectivity index (χ2v) is 6.31. The molecule has 0 radical (unpaired) electrons. The van der Waals surface area contributed by atoms with Crippen LogP contribution in [0.25, 0.3) is 0 Å². The summed E-state index contributed by atoms with van der Waals surface area (Å²) in [4.78, 5) is 0. The summed E-state index contributed by atoms with van der Waals surface area (Å²) in [5.41, 5.74) is 0. The van der Waals surface area contributed by atoms with Crippen LogP contribution in [0.1, 0.15) is 26.2 Å². The molecule has 100 valence electrons. The average Bonchev–Trinajstić information content (AvgIpc) is 2.32. The summed E-state index contributed by atoms with van der Waals surface area (Å²) in [5, 5.41) is 7.51. The minimum atomic E-state index is -3.56. The maximum Gasteiger partial charge on any atom is 0.303 e. The molecule has 1 aromatic rings. The van der Waals surface area contributed by atoms with E-state index in [1.165, 1.54) is 16.4 Å². The molecule has 1 aromatic heterocycles. The van der Waals surface area contributed by atoms with Gasteiger partial charge in [-0.3, -0.25) is 4.72 Å². The van der Waals surface area contributed by atoms with Crippen molar-refractivity contribution in [3.63, 3.8) is 0 Å². The van der Waals surface area contributed by atoms with Gasteiger partial charge in [-0.15, -0.1) is 10.2 Å². The molecule has 0 aromatic carbocycles. The summed E-state index contributed by atoms with van der Waals surface area (Å²) < 4.78 is 28.2. The average molecular weight is 291 g/mol. The number of hydrogen-bond donors (Lipinski definition) is 1. The first kappa shape index (κ1) is 13.5. The highest BCUT2D eigenvalue weighted by molar-refractivity contribution is 7.90. The van der Waals surface area contributed by atoms with E-state index in [9.17, 15) is 8.42 Å². The predicted octanol–water partition coefficient (Wildman–Crippen LogP) is 1.66. The zero-order valence-electron chi connectivity index (χ0n) is 10.0. The number of halogens is 1. The lowest BCUT2D eigenvalue weighted by Crippen LogP contribution is -2.44. The van der Waals surface area contributed by atoms with Gasteiger partial charge in [0.1, 0.15) is 0 Å². The molecule has 2 rings (SSSR count). The van der Waals surface area contributed by atoms with Crippen molar-refractivity contribution in [1.82, 2.24) is 14.5 Å². The second-order valence-electron chi connectivity index (χ2n) is 4.30. The van der Waals surface area contributed by atoms with Crippen LogP contribution in [-0.2, 0) is 10.2 Å². The van der Waals surface area contributed by atoms with Gasteiger partial charge in [0.05, 0.1) is 0 Å². The Labute approximate surface area is 112 Å². The van der Waals surface area contributed by atoms with Gasteiger partial charge >= 0.3 is 10.2 Å². The number of piperidine rings is 1. The van der Waals surface area contributed by atoms with Crippen LogP contribution in [0.5, 0.6) is 0 Å². The van der Waals surface area contributed by atoms with Crippen LogP contribution in [0, 0.1) is 0 Å². The molecular formula is C10H15ClN4O2S. The first-order chi connectivity index (χ1) is 8.49. The molecule has 0 amide bonds. The van der Waals surface area contributed by atoms with E-state index in [0.29, 0.717) is 6.54 Å². The van der Waals surface area contributed by atoms with Crippen LogP contribution < -0.4 is 4.72 Å². The molecule has 0 spiro atoms. The van der Waals surface area contributed by atoms with E-state index in [2.05, 4.69) is 14.9 Å². The fourth-order valence-electron chi connectivity index (χ4n) is 1.99. The molecule has 0 saturated carbocycles. The van der Waals surface area contributed by atoms with E-state index < -0.39 is 10.2 Å². The van der Waals surface area contributed by atoms with E-state index in [0.717, 1.165) is 19.3 Å². The summed E-state index contributed by atoms with van der Waals surface area (Å²) in [6.07, 6.45) is 2.83. The Balaban J connectivity index is 2.13. The highest BCUT2D eigenvalue weighted by Gasteiger charge is 2.29. The molecule has 6 nitrogen and oxygen atoms in total. The fraction of sp³-hybridized carbons (Fsp3) is 0.600. The number of rotatable bonds is 3. The zero-order chi connectivity index (χ0) is 13.2. The smallest absolute Gasteiger partial charge is 0.253 e. The van der Waals surface area contributed by atoms with Crippen molar-refractivity contribution in [2.45, 2.75) is 32.2 Å². The Morgan fingerprint density at radius 2 is 2.17 bits per heavy atom. The molecule has 1 atom stereocenters. The Hall–Kier alpha value is -0.920. The van der Waals surface area contributed by atoms with Crippen LogP contribution in [0.3, 0.4) is 0 Å². The largest absolute Gasteiger partial charge is 0.303 e. The minimum Gasteiger partial charge on any atom is -0.253 e. The Kier molecular flexibility index (Phi) is 4.04. The van der Waals surface area contributed by atoms with Gasteiger partial charge in [-0.25, -0.2) is 0 Å². The summed E-state index contributed by atoms with van der Waals surface area (Å²) in [6, 6.07) is 2.99. The van der Waals surface area contributed by atoms with Crippen molar-refractivity contribution in [3.05, 3.63) is 17.3 Å². The van der Waals surface area contributed by atoms with Crippen molar-refractivity contribution in [2.24, 2.45) is 0 Å². The van der Waals surface area contributed by atoms with Gasteiger partial charge in [-0.1, -0.05) is 18.0 Å². The van der Waals surface area contributed by atoms with Crippen LogP contribution in [0.4, 0.5) is 5.82 Å². The standard InChI is InChI=1S/C10H15ClN4O2S/c1-8-4-2-3-7-15(8)18(16,17)14-10-6-5-9(11)12-13-10/h5-6,8H,2-4,7H2,1H3,(H,13,14). The van der Waals surface area contributed by atoms with E-state index in [-0.39, 0.29) is 17.0 Å². The van der Waals surface area contributed by atoms with Crippen molar-refractivity contribution in [3.8, 4) is 0 Å². The highest BCUT2D eigenvalue weighted by atomic mass is 35.5. The summed E-state index contributed by atoms with van der Waals surface area (Å²) in [6.45, 7) is 2.45.